The van der Waals surface area contributed by atoms with Crippen molar-refractivity contribution in [1.29, 1.82) is 0 Å². The van der Waals surface area contributed by atoms with Crippen LogP contribution in [0.3, 0.4) is 0 Å². The molecule has 36 heavy (non-hydrogen) atoms. The molecule has 0 aliphatic carbocycles. The first kappa shape index (κ1) is 29.7. The fourth-order valence-electron chi connectivity index (χ4n) is 3.57. The van der Waals surface area contributed by atoms with Crippen molar-refractivity contribution in [2.75, 3.05) is 12.1 Å². The third kappa shape index (κ3) is 8.25. The normalized spacial score (nSPS) is 13.8. The van der Waals surface area contributed by atoms with Gasteiger partial charge in [0.15, 0.2) is 0 Å². The second-order valence-electron chi connectivity index (χ2n) is 8.52. The molecule has 1 heterocycles. The summed E-state index contributed by atoms with van der Waals surface area (Å²) in [6.45, 7) is 11.4. The summed E-state index contributed by atoms with van der Waals surface area (Å²) in [4.78, 5) is 4.38. The van der Waals surface area contributed by atoms with E-state index in [9.17, 15) is 13.2 Å². The van der Waals surface area contributed by atoms with E-state index in [0.29, 0.717) is 28.5 Å². The number of anilines is 1. The summed E-state index contributed by atoms with van der Waals surface area (Å²) in [5.74, 6) is 0. The van der Waals surface area contributed by atoms with Gasteiger partial charge in [0.2, 0.25) is 0 Å². The minimum atomic E-state index is -4.60. The molecule has 0 bridgehead atoms. The third-order valence-corrected chi connectivity index (χ3v) is 6.44. The fraction of sp³-hybridized carbons (Fsp3) is 0.440. The van der Waals surface area contributed by atoms with Crippen LogP contribution in [0.2, 0.25) is 5.02 Å². The van der Waals surface area contributed by atoms with Crippen LogP contribution in [0.4, 0.5) is 18.9 Å². The standard InChI is InChI=1S/C25H33ClF3N5OS/c1-7-8-23(35-6)21(31-13-20(30)24-32-16(4)14-36-24)11-17(5)34(33-15(2)3)22-12-18(26)9-10-19(22)25(27,28)29/h9-10,12-14,21,23,31H,5,7-8,11,30H2,1-4,6H3/b20-13-. The van der Waals surface area contributed by atoms with Crippen LogP contribution in [0.1, 0.15) is 56.3 Å². The molecule has 2 atom stereocenters. The van der Waals surface area contributed by atoms with Gasteiger partial charge in [-0.15, -0.1) is 11.3 Å². The Morgan fingerprint density at radius 2 is 2.08 bits per heavy atom. The van der Waals surface area contributed by atoms with Crippen LogP contribution in [0.5, 0.6) is 0 Å². The van der Waals surface area contributed by atoms with Gasteiger partial charge in [-0.3, -0.25) is 0 Å². The molecule has 0 amide bonds. The van der Waals surface area contributed by atoms with Crippen LogP contribution in [0, 0.1) is 6.92 Å². The molecule has 0 spiro atoms. The lowest BCUT2D eigenvalue weighted by Crippen LogP contribution is -2.40. The molecule has 0 saturated carbocycles. The topological polar surface area (TPSA) is 75.8 Å². The van der Waals surface area contributed by atoms with Gasteiger partial charge in [0.1, 0.15) is 5.01 Å². The quantitative estimate of drug-likeness (QED) is 0.223. The molecule has 0 aliphatic rings. The van der Waals surface area contributed by atoms with E-state index in [1.807, 2.05) is 19.2 Å². The molecule has 11 heteroatoms. The van der Waals surface area contributed by atoms with Gasteiger partial charge in [0.25, 0.3) is 0 Å². The highest BCUT2D eigenvalue weighted by atomic mass is 35.5. The van der Waals surface area contributed by atoms with E-state index in [4.69, 9.17) is 22.1 Å². The van der Waals surface area contributed by atoms with Crippen LogP contribution >= 0.6 is 22.9 Å². The molecule has 1 aromatic carbocycles. The van der Waals surface area contributed by atoms with Gasteiger partial charge in [-0.05, 0) is 45.4 Å². The number of nitrogens with one attached hydrogen (secondary N) is 1. The number of nitrogens with two attached hydrogens (primary N) is 1. The molecule has 3 N–H and O–H groups in total. The maximum Gasteiger partial charge on any atom is 0.418 e. The molecule has 6 nitrogen and oxygen atoms in total. The van der Waals surface area contributed by atoms with Crippen molar-refractivity contribution in [1.82, 2.24) is 10.3 Å². The van der Waals surface area contributed by atoms with Crippen molar-refractivity contribution in [3.8, 4) is 0 Å². The first-order valence-electron chi connectivity index (χ1n) is 11.4. The number of nitrogens with zero attached hydrogens (tertiary/aromatic N) is 3. The Labute approximate surface area is 219 Å². The number of thiazole rings is 1. The zero-order valence-electron chi connectivity index (χ0n) is 21.1. The largest absolute Gasteiger partial charge is 0.418 e. The molecule has 2 aromatic rings. The Kier molecular flexibility index (Phi) is 10.8. The van der Waals surface area contributed by atoms with E-state index in [2.05, 4.69) is 22.0 Å². The first-order valence-corrected chi connectivity index (χ1v) is 12.7. The van der Waals surface area contributed by atoms with Crippen molar-refractivity contribution in [2.45, 2.75) is 65.3 Å². The third-order valence-electron chi connectivity index (χ3n) is 5.19. The molecule has 0 aliphatic heterocycles. The van der Waals surface area contributed by atoms with Crippen molar-refractivity contribution >= 4 is 40.0 Å². The van der Waals surface area contributed by atoms with Gasteiger partial charge < -0.3 is 15.8 Å². The maximum absolute atomic E-state index is 13.9. The zero-order chi connectivity index (χ0) is 27.0. The molecule has 198 valence electrons. The number of alkyl halides is 3. The summed E-state index contributed by atoms with van der Waals surface area (Å²) >= 11 is 7.51. The van der Waals surface area contributed by atoms with Gasteiger partial charge in [0, 0.05) is 47.2 Å². The Balaban J connectivity index is 2.45. The minimum Gasteiger partial charge on any atom is -0.395 e. The number of halogens is 4. The van der Waals surface area contributed by atoms with E-state index in [0.717, 1.165) is 18.2 Å². The number of hydrogen-bond donors (Lipinski definition) is 2. The number of hydrazone groups is 1. The number of aromatic nitrogens is 1. The second kappa shape index (κ2) is 13.1. The number of methoxy groups -OCH3 is 1. The van der Waals surface area contributed by atoms with E-state index in [1.54, 1.807) is 27.2 Å². The average Bonchev–Trinajstić information content (AvgIpc) is 3.23. The molecule has 0 fully saturated rings. The van der Waals surface area contributed by atoms with Gasteiger partial charge in [-0.25, -0.2) is 9.99 Å². The zero-order valence-corrected chi connectivity index (χ0v) is 22.7. The highest BCUT2D eigenvalue weighted by Gasteiger charge is 2.36. The molecule has 0 radical (unpaired) electrons. The minimum absolute atomic E-state index is 0.157. The van der Waals surface area contributed by atoms with Crippen molar-refractivity contribution in [2.24, 2.45) is 10.8 Å². The SMILES string of the molecule is C=C(CC(N/C=C(\N)c1nc(C)cs1)C(CCC)OC)N(N=C(C)C)c1cc(Cl)ccc1C(F)(F)F. The number of rotatable bonds is 12. The molecular weight excluding hydrogens is 511 g/mol. The number of aryl methyl sites for hydroxylation is 1. The highest BCUT2D eigenvalue weighted by molar-refractivity contribution is 7.10. The van der Waals surface area contributed by atoms with Crippen molar-refractivity contribution < 1.29 is 17.9 Å². The Morgan fingerprint density at radius 1 is 1.39 bits per heavy atom. The van der Waals surface area contributed by atoms with Gasteiger partial charge in [-0.2, -0.15) is 18.3 Å². The summed E-state index contributed by atoms with van der Waals surface area (Å²) in [7, 11) is 1.60. The van der Waals surface area contributed by atoms with Gasteiger partial charge >= 0.3 is 6.18 Å². The predicted octanol–water partition coefficient (Wildman–Crippen LogP) is 6.96. The molecule has 1 aromatic heterocycles. The van der Waals surface area contributed by atoms with Gasteiger partial charge in [0.05, 0.1) is 29.1 Å². The smallest absolute Gasteiger partial charge is 0.395 e. The Bertz CT molecular complexity index is 1100. The number of ether oxygens (including phenoxy) is 1. The van der Waals surface area contributed by atoms with Crippen molar-refractivity contribution in [3.63, 3.8) is 0 Å². The molecule has 2 unspecified atom stereocenters. The number of hydrogen-bond acceptors (Lipinski definition) is 7. The lowest BCUT2D eigenvalue weighted by atomic mass is 10.0. The second-order valence-corrected chi connectivity index (χ2v) is 9.81. The summed E-state index contributed by atoms with van der Waals surface area (Å²) in [6.07, 6.45) is -1.43. The van der Waals surface area contributed by atoms with Crippen LogP contribution in [0.15, 0.2) is 47.2 Å². The summed E-state index contributed by atoms with van der Waals surface area (Å²) in [5.41, 5.74) is 7.35. The lowest BCUT2D eigenvalue weighted by Gasteiger charge is -2.31. The van der Waals surface area contributed by atoms with Gasteiger partial charge in [-0.1, -0.05) is 31.5 Å². The monoisotopic (exact) mass is 543 g/mol. The van der Waals surface area contributed by atoms with Crippen LogP contribution in [-0.4, -0.2) is 30.0 Å². The lowest BCUT2D eigenvalue weighted by molar-refractivity contribution is -0.137. The summed E-state index contributed by atoms with van der Waals surface area (Å²) < 4.78 is 47.3. The van der Waals surface area contributed by atoms with E-state index in [-0.39, 0.29) is 29.3 Å². The van der Waals surface area contributed by atoms with E-state index in [1.165, 1.54) is 28.5 Å². The molecule has 0 saturated heterocycles. The summed E-state index contributed by atoms with van der Waals surface area (Å²) in [5, 5.41) is 11.6. The Hall–Kier alpha value is -2.56. The van der Waals surface area contributed by atoms with Crippen LogP contribution in [0.25, 0.3) is 5.70 Å². The van der Waals surface area contributed by atoms with Crippen LogP contribution < -0.4 is 16.1 Å². The molecular formula is C25H33ClF3N5OS. The maximum atomic E-state index is 13.9. The first-order chi connectivity index (χ1) is 16.9. The van der Waals surface area contributed by atoms with E-state index < -0.39 is 11.7 Å². The highest BCUT2D eigenvalue weighted by Crippen LogP contribution is 2.40. The summed E-state index contributed by atoms with van der Waals surface area (Å²) in [6, 6.07) is 3.04. The predicted molar refractivity (Wildman–Crippen MR) is 143 cm³/mol. The molecule has 2 rings (SSSR count). The fourth-order valence-corrected chi connectivity index (χ4v) is 4.46. The average molecular weight is 544 g/mol. The van der Waals surface area contributed by atoms with E-state index >= 15 is 0 Å². The van der Waals surface area contributed by atoms with Crippen molar-refractivity contribution in [3.05, 3.63) is 63.3 Å². The Morgan fingerprint density at radius 3 is 2.61 bits per heavy atom. The van der Waals surface area contributed by atoms with Crippen LogP contribution in [-0.2, 0) is 10.9 Å². The number of benzene rings is 1.